The van der Waals surface area contributed by atoms with Crippen molar-refractivity contribution >= 4 is 18.0 Å². The topological polar surface area (TPSA) is 114 Å². The van der Waals surface area contributed by atoms with Crippen LogP contribution in [0.3, 0.4) is 0 Å². The minimum atomic E-state index is -0.905. The second-order valence-corrected chi connectivity index (χ2v) is 9.62. The highest BCUT2D eigenvalue weighted by Crippen LogP contribution is 2.44. The molecule has 2 fully saturated rings. The average Bonchev–Trinajstić information content (AvgIpc) is 3.47. The molecule has 1 aliphatic heterocycles. The van der Waals surface area contributed by atoms with Crippen LogP contribution in [0.4, 0.5) is 4.79 Å². The lowest BCUT2D eigenvalue weighted by Crippen LogP contribution is -2.49. The third-order valence-corrected chi connectivity index (χ3v) is 7.18. The maximum Gasteiger partial charge on any atom is 0.407 e. The summed E-state index contributed by atoms with van der Waals surface area (Å²) in [4.78, 5) is 36.8. The molecule has 8 nitrogen and oxygen atoms in total. The second-order valence-electron chi connectivity index (χ2n) is 9.62. The van der Waals surface area contributed by atoms with E-state index in [1.807, 2.05) is 24.3 Å². The number of alkyl carbamates (subject to hydrolysis) is 1. The van der Waals surface area contributed by atoms with Crippen LogP contribution in [-0.4, -0.2) is 55.0 Å². The van der Waals surface area contributed by atoms with E-state index in [0.29, 0.717) is 25.4 Å². The van der Waals surface area contributed by atoms with Crippen molar-refractivity contribution in [3.63, 3.8) is 0 Å². The van der Waals surface area contributed by atoms with Gasteiger partial charge in [0.2, 0.25) is 0 Å². The summed E-state index contributed by atoms with van der Waals surface area (Å²) in [6.45, 7) is 0.574. The van der Waals surface area contributed by atoms with E-state index in [1.165, 1.54) is 0 Å². The predicted octanol–water partition coefficient (Wildman–Crippen LogP) is 3.30. The SMILES string of the molecule is O=C(NC1CCOC1C(=O)NCC(CC1CC1)C(=O)O)OCC1c2ccccc2-c2ccccc21. The molecule has 0 bridgehead atoms. The molecule has 35 heavy (non-hydrogen) atoms. The maximum absolute atomic E-state index is 12.7. The summed E-state index contributed by atoms with van der Waals surface area (Å²) < 4.78 is 11.2. The number of benzene rings is 2. The first-order valence-electron chi connectivity index (χ1n) is 12.2. The van der Waals surface area contributed by atoms with Crippen molar-refractivity contribution in [2.75, 3.05) is 19.8 Å². The Labute approximate surface area is 204 Å². The molecule has 3 unspecified atom stereocenters. The highest BCUT2D eigenvalue weighted by molar-refractivity contribution is 5.83. The van der Waals surface area contributed by atoms with E-state index in [0.717, 1.165) is 35.1 Å². The summed E-state index contributed by atoms with van der Waals surface area (Å²) in [5, 5.41) is 14.9. The fourth-order valence-electron chi connectivity index (χ4n) is 5.14. The Morgan fingerprint density at radius 2 is 1.66 bits per heavy atom. The molecule has 184 valence electrons. The van der Waals surface area contributed by atoms with Gasteiger partial charge in [0.25, 0.3) is 5.91 Å². The number of carboxylic acid groups (broad SMARTS) is 1. The molecule has 1 saturated heterocycles. The molecule has 0 radical (unpaired) electrons. The van der Waals surface area contributed by atoms with Gasteiger partial charge in [0.15, 0.2) is 6.10 Å². The van der Waals surface area contributed by atoms with Crippen LogP contribution in [0.1, 0.15) is 42.7 Å². The molecule has 1 saturated carbocycles. The molecule has 2 aliphatic carbocycles. The summed E-state index contributed by atoms with van der Waals surface area (Å²) in [5.74, 6) is -1.53. The molecule has 0 spiro atoms. The second kappa shape index (κ2) is 10.1. The largest absolute Gasteiger partial charge is 0.481 e. The van der Waals surface area contributed by atoms with E-state index >= 15 is 0 Å². The summed E-state index contributed by atoms with van der Waals surface area (Å²) >= 11 is 0. The van der Waals surface area contributed by atoms with E-state index in [-0.39, 0.29) is 19.1 Å². The third kappa shape index (κ3) is 5.17. The van der Waals surface area contributed by atoms with Gasteiger partial charge in [-0.3, -0.25) is 9.59 Å². The zero-order chi connectivity index (χ0) is 24.4. The van der Waals surface area contributed by atoms with E-state index < -0.39 is 36.0 Å². The standard InChI is InChI=1S/C27H30N2O6/c30-25(28-14-17(26(31)32)13-16-9-10-16)24-23(11-12-34-24)29-27(33)35-15-22-20-7-3-1-5-18(20)19-6-2-4-8-21(19)22/h1-8,16-17,22-24H,9-15H2,(H,28,30)(H,29,33)(H,31,32). The first-order valence-corrected chi connectivity index (χ1v) is 12.2. The highest BCUT2D eigenvalue weighted by atomic mass is 16.6. The lowest BCUT2D eigenvalue weighted by molar-refractivity contribution is -0.142. The third-order valence-electron chi connectivity index (χ3n) is 7.18. The molecule has 3 aliphatic rings. The van der Waals surface area contributed by atoms with Crippen LogP contribution in [0.2, 0.25) is 0 Å². The number of ether oxygens (including phenoxy) is 2. The van der Waals surface area contributed by atoms with Crippen LogP contribution in [0.25, 0.3) is 11.1 Å². The number of carbonyl (C=O) groups is 3. The van der Waals surface area contributed by atoms with E-state index in [4.69, 9.17) is 9.47 Å². The number of hydrogen-bond donors (Lipinski definition) is 3. The van der Waals surface area contributed by atoms with Gasteiger partial charge in [-0.1, -0.05) is 61.4 Å². The van der Waals surface area contributed by atoms with E-state index in [9.17, 15) is 19.5 Å². The van der Waals surface area contributed by atoms with Crippen molar-refractivity contribution in [2.24, 2.45) is 11.8 Å². The van der Waals surface area contributed by atoms with Gasteiger partial charge in [0, 0.05) is 19.1 Å². The molecule has 0 aromatic heterocycles. The molecule has 2 aromatic carbocycles. The van der Waals surface area contributed by atoms with Crippen molar-refractivity contribution < 1.29 is 29.0 Å². The monoisotopic (exact) mass is 478 g/mol. The number of carbonyl (C=O) groups excluding carboxylic acids is 2. The molecular weight excluding hydrogens is 448 g/mol. The molecule has 1 heterocycles. The Morgan fingerprint density at radius 3 is 2.29 bits per heavy atom. The number of nitrogens with one attached hydrogen (secondary N) is 2. The lowest BCUT2D eigenvalue weighted by Gasteiger charge is -2.21. The average molecular weight is 479 g/mol. The lowest BCUT2D eigenvalue weighted by atomic mass is 9.98. The molecule has 3 atom stereocenters. The minimum absolute atomic E-state index is 0.0495. The van der Waals surface area contributed by atoms with Gasteiger partial charge in [0.05, 0.1) is 12.0 Å². The summed E-state index contributed by atoms with van der Waals surface area (Å²) in [6.07, 6.45) is 1.68. The van der Waals surface area contributed by atoms with Crippen LogP contribution < -0.4 is 10.6 Å². The van der Waals surface area contributed by atoms with Gasteiger partial charge in [-0.2, -0.15) is 0 Å². The molecule has 5 rings (SSSR count). The molecule has 2 aromatic rings. The van der Waals surface area contributed by atoms with Crippen molar-refractivity contribution in [1.82, 2.24) is 10.6 Å². The van der Waals surface area contributed by atoms with Gasteiger partial charge in [-0.25, -0.2) is 4.79 Å². The number of amides is 2. The summed E-state index contributed by atoms with van der Waals surface area (Å²) in [7, 11) is 0. The fraction of sp³-hybridized carbons (Fsp3) is 0.444. The van der Waals surface area contributed by atoms with Crippen LogP contribution in [-0.2, 0) is 19.1 Å². The Balaban J connectivity index is 1.15. The van der Waals surface area contributed by atoms with Crippen LogP contribution >= 0.6 is 0 Å². The van der Waals surface area contributed by atoms with Crippen molar-refractivity contribution in [3.8, 4) is 11.1 Å². The fourth-order valence-corrected chi connectivity index (χ4v) is 5.14. The number of fused-ring (bicyclic) bond motifs is 3. The quantitative estimate of drug-likeness (QED) is 0.510. The maximum atomic E-state index is 12.7. The van der Waals surface area contributed by atoms with Gasteiger partial charge in [-0.15, -0.1) is 0 Å². The van der Waals surface area contributed by atoms with E-state index in [2.05, 4.69) is 34.9 Å². The number of aliphatic carboxylic acids is 1. The molecular formula is C27H30N2O6. The Kier molecular flexibility index (Phi) is 6.72. The number of carboxylic acids is 1. The predicted molar refractivity (Wildman–Crippen MR) is 128 cm³/mol. The molecule has 3 N–H and O–H groups in total. The van der Waals surface area contributed by atoms with Crippen molar-refractivity contribution in [2.45, 2.75) is 43.7 Å². The minimum Gasteiger partial charge on any atom is -0.481 e. The number of hydrogen-bond acceptors (Lipinski definition) is 5. The Morgan fingerprint density at radius 1 is 1.00 bits per heavy atom. The smallest absolute Gasteiger partial charge is 0.407 e. The van der Waals surface area contributed by atoms with Gasteiger partial charge >= 0.3 is 12.1 Å². The zero-order valence-corrected chi connectivity index (χ0v) is 19.4. The number of rotatable bonds is 9. The van der Waals surface area contributed by atoms with Gasteiger partial charge in [0.1, 0.15) is 6.61 Å². The van der Waals surface area contributed by atoms with Crippen LogP contribution in [0.5, 0.6) is 0 Å². The van der Waals surface area contributed by atoms with E-state index in [1.54, 1.807) is 0 Å². The van der Waals surface area contributed by atoms with Gasteiger partial charge < -0.3 is 25.2 Å². The van der Waals surface area contributed by atoms with Gasteiger partial charge in [-0.05, 0) is 41.0 Å². The first kappa shape index (κ1) is 23.4. The Hall–Kier alpha value is -3.39. The summed E-state index contributed by atoms with van der Waals surface area (Å²) in [6, 6.07) is 15.7. The normalized spacial score (nSPS) is 21.6. The van der Waals surface area contributed by atoms with Crippen LogP contribution in [0, 0.1) is 11.8 Å². The van der Waals surface area contributed by atoms with Crippen molar-refractivity contribution in [3.05, 3.63) is 59.7 Å². The first-order chi connectivity index (χ1) is 17.0. The molecule has 2 amide bonds. The Bertz CT molecular complexity index is 1070. The van der Waals surface area contributed by atoms with Crippen LogP contribution in [0.15, 0.2) is 48.5 Å². The zero-order valence-electron chi connectivity index (χ0n) is 19.4. The highest BCUT2D eigenvalue weighted by Gasteiger charge is 2.37. The van der Waals surface area contributed by atoms with Crippen molar-refractivity contribution in [1.29, 1.82) is 0 Å². The molecule has 8 heteroatoms. The summed E-state index contributed by atoms with van der Waals surface area (Å²) in [5.41, 5.74) is 4.56.